The van der Waals surface area contributed by atoms with Crippen molar-refractivity contribution in [2.75, 3.05) is 13.2 Å². The lowest BCUT2D eigenvalue weighted by atomic mass is 10.1. The van der Waals surface area contributed by atoms with Gasteiger partial charge in [-0.2, -0.15) is 5.10 Å². The van der Waals surface area contributed by atoms with Crippen LogP contribution in [-0.2, 0) is 29.9 Å². The van der Waals surface area contributed by atoms with E-state index in [1.165, 1.54) is 6.07 Å². The minimum Gasteiger partial charge on any atom is -0.492 e. The molecule has 8 heteroatoms. The van der Waals surface area contributed by atoms with Crippen molar-refractivity contribution < 1.29 is 18.3 Å². The molecule has 7 nitrogen and oxygen atoms in total. The number of aryl methyl sites for hydroxylation is 1. The standard InChI is InChI=1S/C15H19N3O4S/c1-18-9-11(8-16-18)7-13(10-19)17-23(20,21)14-4-2-3-12-5-6-22-15(12)14/h2-4,8-9,13,17,19H,5-7,10H2,1H3. The molecule has 0 aliphatic carbocycles. The number of nitrogens with one attached hydrogen (secondary N) is 1. The van der Waals surface area contributed by atoms with E-state index in [4.69, 9.17) is 4.74 Å². The summed E-state index contributed by atoms with van der Waals surface area (Å²) in [7, 11) is -1.99. The van der Waals surface area contributed by atoms with Gasteiger partial charge >= 0.3 is 0 Å². The van der Waals surface area contributed by atoms with Gasteiger partial charge in [-0.15, -0.1) is 0 Å². The van der Waals surface area contributed by atoms with Gasteiger partial charge in [0.05, 0.1) is 19.4 Å². The predicted octanol–water partition coefficient (Wildman–Crippen LogP) is 0.237. The molecule has 0 amide bonds. The number of ether oxygens (including phenoxy) is 1. The van der Waals surface area contributed by atoms with Crippen LogP contribution in [0.5, 0.6) is 5.75 Å². The van der Waals surface area contributed by atoms with Crippen LogP contribution in [0.25, 0.3) is 0 Å². The Bertz CT molecular complexity index is 801. The van der Waals surface area contributed by atoms with Crippen LogP contribution >= 0.6 is 0 Å². The van der Waals surface area contributed by atoms with Crippen molar-refractivity contribution >= 4 is 10.0 Å². The van der Waals surface area contributed by atoms with Gasteiger partial charge < -0.3 is 9.84 Å². The second-order valence-corrected chi connectivity index (χ2v) is 7.25. The van der Waals surface area contributed by atoms with Gasteiger partial charge in [0.15, 0.2) is 0 Å². The first kappa shape index (κ1) is 16.0. The molecule has 23 heavy (non-hydrogen) atoms. The van der Waals surface area contributed by atoms with Crippen molar-refractivity contribution in [3.05, 3.63) is 41.7 Å². The van der Waals surface area contributed by atoms with Crippen molar-refractivity contribution in [2.24, 2.45) is 7.05 Å². The minimum absolute atomic E-state index is 0.122. The van der Waals surface area contributed by atoms with Crippen LogP contribution in [0.4, 0.5) is 0 Å². The lowest BCUT2D eigenvalue weighted by Gasteiger charge is -2.17. The highest BCUT2D eigenvalue weighted by Gasteiger charge is 2.27. The van der Waals surface area contributed by atoms with E-state index in [2.05, 4.69) is 9.82 Å². The Morgan fingerprint density at radius 1 is 1.48 bits per heavy atom. The summed E-state index contributed by atoms with van der Waals surface area (Å²) in [6, 6.07) is 4.46. The van der Waals surface area contributed by atoms with E-state index in [-0.39, 0.29) is 11.5 Å². The molecule has 3 rings (SSSR count). The van der Waals surface area contributed by atoms with E-state index in [0.29, 0.717) is 25.2 Å². The van der Waals surface area contributed by atoms with Crippen LogP contribution in [0.2, 0.25) is 0 Å². The highest BCUT2D eigenvalue weighted by molar-refractivity contribution is 7.89. The average Bonchev–Trinajstić information content (AvgIpc) is 3.14. The third-order valence-corrected chi connectivity index (χ3v) is 5.29. The monoisotopic (exact) mass is 337 g/mol. The number of aliphatic hydroxyl groups is 1. The van der Waals surface area contributed by atoms with Gasteiger partial charge in [0.25, 0.3) is 0 Å². The number of hydrogen-bond acceptors (Lipinski definition) is 5. The topological polar surface area (TPSA) is 93.5 Å². The zero-order valence-electron chi connectivity index (χ0n) is 12.8. The zero-order chi connectivity index (χ0) is 16.4. The van der Waals surface area contributed by atoms with Crippen molar-refractivity contribution in [1.29, 1.82) is 0 Å². The molecule has 1 unspecified atom stereocenters. The molecule has 124 valence electrons. The molecule has 0 spiro atoms. The van der Waals surface area contributed by atoms with Gasteiger partial charge in [0, 0.05) is 25.7 Å². The Morgan fingerprint density at radius 3 is 3.00 bits per heavy atom. The molecule has 1 aromatic carbocycles. The van der Waals surface area contributed by atoms with E-state index in [0.717, 1.165) is 11.1 Å². The van der Waals surface area contributed by atoms with Crippen LogP contribution in [0.1, 0.15) is 11.1 Å². The number of fused-ring (bicyclic) bond motifs is 1. The Balaban J connectivity index is 1.81. The van der Waals surface area contributed by atoms with Crippen molar-refractivity contribution in [3.8, 4) is 5.75 Å². The summed E-state index contributed by atoms with van der Waals surface area (Å²) in [5.74, 6) is 0.415. The third-order valence-electron chi connectivity index (χ3n) is 3.75. The lowest BCUT2D eigenvalue weighted by molar-refractivity contribution is 0.256. The van der Waals surface area contributed by atoms with Crippen molar-refractivity contribution in [1.82, 2.24) is 14.5 Å². The van der Waals surface area contributed by atoms with Gasteiger partial charge in [-0.05, 0) is 23.6 Å². The number of para-hydroxylation sites is 1. The molecule has 2 aromatic rings. The maximum atomic E-state index is 12.6. The third kappa shape index (κ3) is 3.39. The molecule has 1 aliphatic rings. The van der Waals surface area contributed by atoms with E-state index < -0.39 is 16.1 Å². The molecule has 2 N–H and O–H groups in total. The summed E-state index contributed by atoms with van der Waals surface area (Å²) in [6.07, 6.45) is 4.51. The van der Waals surface area contributed by atoms with Crippen LogP contribution in [0.15, 0.2) is 35.5 Å². The van der Waals surface area contributed by atoms with Crippen LogP contribution in [0, 0.1) is 0 Å². The Hall–Kier alpha value is -1.90. The van der Waals surface area contributed by atoms with Gasteiger partial charge in [0.2, 0.25) is 10.0 Å². The van der Waals surface area contributed by atoms with Crippen molar-refractivity contribution in [2.45, 2.75) is 23.8 Å². The summed E-state index contributed by atoms with van der Waals surface area (Å²) < 4.78 is 34.9. The first-order chi connectivity index (χ1) is 11.0. The number of aliphatic hydroxyl groups excluding tert-OH is 1. The fraction of sp³-hybridized carbons (Fsp3) is 0.400. The maximum absolute atomic E-state index is 12.6. The fourth-order valence-electron chi connectivity index (χ4n) is 2.68. The number of sulfonamides is 1. The molecule has 0 bridgehead atoms. The first-order valence-corrected chi connectivity index (χ1v) is 8.83. The van der Waals surface area contributed by atoms with Gasteiger partial charge in [-0.3, -0.25) is 4.68 Å². The fourth-order valence-corrected chi connectivity index (χ4v) is 4.10. The van der Waals surface area contributed by atoms with Gasteiger partial charge in [-0.25, -0.2) is 13.1 Å². The molecule has 0 saturated heterocycles. The van der Waals surface area contributed by atoms with Gasteiger partial charge in [0.1, 0.15) is 10.6 Å². The molecule has 0 fully saturated rings. The molecule has 1 atom stereocenters. The summed E-state index contributed by atoms with van der Waals surface area (Å²) in [5, 5.41) is 13.6. The van der Waals surface area contributed by atoms with Crippen molar-refractivity contribution in [3.63, 3.8) is 0 Å². The summed E-state index contributed by atoms with van der Waals surface area (Å²) in [6.45, 7) is 0.186. The SMILES string of the molecule is Cn1cc(CC(CO)NS(=O)(=O)c2cccc3c2OCC3)cn1. The van der Waals surface area contributed by atoms with Gasteiger partial charge in [-0.1, -0.05) is 12.1 Å². The molecule has 0 saturated carbocycles. The Morgan fingerprint density at radius 2 is 2.30 bits per heavy atom. The lowest BCUT2D eigenvalue weighted by Crippen LogP contribution is -2.39. The van der Waals surface area contributed by atoms with Crippen LogP contribution < -0.4 is 9.46 Å². The predicted molar refractivity (Wildman–Crippen MR) is 83.7 cm³/mol. The average molecular weight is 337 g/mol. The molecule has 1 aliphatic heterocycles. The number of benzene rings is 1. The number of hydrogen-bond donors (Lipinski definition) is 2. The van der Waals surface area contributed by atoms with Crippen LogP contribution in [0.3, 0.4) is 0 Å². The molecule has 1 aromatic heterocycles. The summed E-state index contributed by atoms with van der Waals surface area (Å²) in [4.78, 5) is 0.122. The maximum Gasteiger partial charge on any atom is 0.244 e. The van der Waals surface area contributed by atoms with E-state index in [1.54, 1.807) is 30.2 Å². The number of rotatable bonds is 6. The minimum atomic E-state index is -3.77. The van der Waals surface area contributed by atoms with Crippen LogP contribution in [-0.4, -0.2) is 42.6 Å². The van der Waals surface area contributed by atoms with E-state index in [9.17, 15) is 13.5 Å². The highest BCUT2D eigenvalue weighted by Crippen LogP contribution is 2.32. The first-order valence-electron chi connectivity index (χ1n) is 7.35. The summed E-state index contributed by atoms with van der Waals surface area (Å²) >= 11 is 0. The van der Waals surface area contributed by atoms with E-state index >= 15 is 0 Å². The van der Waals surface area contributed by atoms with E-state index in [1.807, 2.05) is 6.07 Å². The second kappa shape index (κ2) is 6.31. The molecule has 2 heterocycles. The molecular formula is C15H19N3O4S. The number of nitrogens with zero attached hydrogens (tertiary/aromatic N) is 2. The smallest absolute Gasteiger partial charge is 0.244 e. The quantitative estimate of drug-likeness (QED) is 0.787. The Kier molecular flexibility index (Phi) is 4.38. The Labute approximate surface area is 134 Å². The largest absolute Gasteiger partial charge is 0.492 e. The number of aromatic nitrogens is 2. The second-order valence-electron chi connectivity index (χ2n) is 5.57. The summed E-state index contributed by atoms with van der Waals surface area (Å²) in [5.41, 5.74) is 1.74. The highest BCUT2D eigenvalue weighted by atomic mass is 32.2. The molecule has 0 radical (unpaired) electrons. The normalized spacial score (nSPS) is 15.2. The zero-order valence-corrected chi connectivity index (χ0v) is 13.6. The molecular weight excluding hydrogens is 318 g/mol.